The molecular weight excluding hydrogens is 300 g/mol. The number of furan rings is 1. The largest absolute Gasteiger partial charge is 0.465 e. The number of carbonyl (C=O) groups is 1. The zero-order chi connectivity index (χ0) is 16.8. The highest BCUT2D eigenvalue weighted by Crippen LogP contribution is 2.17. The topological polar surface area (TPSA) is 36.7 Å². The van der Waals surface area contributed by atoms with Gasteiger partial charge in [-0.15, -0.1) is 0 Å². The second-order valence-electron chi connectivity index (χ2n) is 6.33. The molecule has 0 saturated carbocycles. The molecule has 0 bridgehead atoms. The fourth-order valence-corrected chi connectivity index (χ4v) is 3.16. The summed E-state index contributed by atoms with van der Waals surface area (Å²) in [6.07, 6.45) is 7.14. The molecule has 1 fully saturated rings. The van der Waals surface area contributed by atoms with Crippen LogP contribution in [0, 0.1) is 0 Å². The van der Waals surface area contributed by atoms with Gasteiger partial charge in [0.25, 0.3) is 0 Å². The summed E-state index contributed by atoms with van der Waals surface area (Å²) >= 11 is 0. The van der Waals surface area contributed by atoms with Gasteiger partial charge in [0.05, 0.1) is 6.26 Å². The van der Waals surface area contributed by atoms with Crippen LogP contribution in [0.1, 0.15) is 24.2 Å². The maximum absolute atomic E-state index is 12.4. The van der Waals surface area contributed by atoms with Crippen LogP contribution in [0.4, 0.5) is 0 Å². The lowest BCUT2D eigenvalue weighted by atomic mass is 10.0. The van der Waals surface area contributed by atoms with Crippen molar-refractivity contribution in [1.82, 2.24) is 9.80 Å². The Hall–Kier alpha value is -2.33. The van der Waals surface area contributed by atoms with Crippen LogP contribution in [-0.4, -0.2) is 41.9 Å². The van der Waals surface area contributed by atoms with E-state index in [1.807, 2.05) is 23.1 Å². The molecule has 1 aromatic heterocycles. The summed E-state index contributed by atoms with van der Waals surface area (Å²) in [5, 5.41) is 0. The van der Waals surface area contributed by atoms with Gasteiger partial charge in [-0.3, -0.25) is 9.69 Å². The van der Waals surface area contributed by atoms with Crippen LogP contribution in [0.3, 0.4) is 0 Å². The highest BCUT2D eigenvalue weighted by Gasteiger charge is 2.25. The van der Waals surface area contributed by atoms with Crippen molar-refractivity contribution in [2.75, 3.05) is 20.1 Å². The van der Waals surface area contributed by atoms with Gasteiger partial charge >= 0.3 is 0 Å². The van der Waals surface area contributed by atoms with Gasteiger partial charge in [-0.05, 0) is 43.7 Å². The van der Waals surface area contributed by atoms with Gasteiger partial charge in [0, 0.05) is 31.8 Å². The van der Waals surface area contributed by atoms with Crippen molar-refractivity contribution in [3.8, 4) is 0 Å². The number of hydrogen-bond donors (Lipinski definition) is 0. The second-order valence-corrected chi connectivity index (χ2v) is 6.33. The van der Waals surface area contributed by atoms with Crippen molar-refractivity contribution in [2.45, 2.75) is 25.4 Å². The molecule has 24 heavy (non-hydrogen) atoms. The number of hydrogen-bond acceptors (Lipinski definition) is 3. The Morgan fingerprint density at radius 2 is 2.12 bits per heavy atom. The Balaban J connectivity index is 1.56. The van der Waals surface area contributed by atoms with Crippen molar-refractivity contribution in [2.24, 2.45) is 0 Å². The average Bonchev–Trinajstić information content (AvgIpc) is 3.14. The lowest BCUT2D eigenvalue weighted by molar-refractivity contribution is -0.128. The second kappa shape index (κ2) is 7.97. The van der Waals surface area contributed by atoms with Crippen LogP contribution in [-0.2, 0) is 11.3 Å². The van der Waals surface area contributed by atoms with Crippen LogP contribution < -0.4 is 0 Å². The first kappa shape index (κ1) is 16.5. The molecule has 0 spiro atoms. The number of nitrogens with zero attached hydrogens (tertiary/aromatic N) is 2. The molecule has 1 saturated heterocycles. The fraction of sp³-hybridized carbons (Fsp3) is 0.350. The third kappa shape index (κ3) is 4.36. The third-order valence-electron chi connectivity index (χ3n) is 4.54. The van der Waals surface area contributed by atoms with Crippen molar-refractivity contribution >= 4 is 12.0 Å². The van der Waals surface area contributed by atoms with Crippen LogP contribution in [0.25, 0.3) is 6.08 Å². The molecule has 1 aliphatic heterocycles. The Kier molecular flexibility index (Phi) is 5.49. The molecule has 4 heteroatoms. The van der Waals surface area contributed by atoms with Crippen molar-refractivity contribution in [3.63, 3.8) is 0 Å². The number of likely N-dealkylation sites (N-methyl/N-ethyl adjacent to an activating group) is 1. The molecule has 126 valence electrons. The lowest BCUT2D eigenvalue weighted by Gasteiger charge is -2.37. The molecule has 2 heterocycles. The van der Waals surface area contributed by atoms with Crippen molar-refractivity contribution in [3.05, 3.63) is 66.1 Å². The highest BCUT2D eigenvalue weighted by molar-refractivity contribution is 5.91. The summed E-state index contributed by atoms with van der Waals surface area (Å²) in [7, 11) is 2.14. The number of piperidine rings is 1. The van der Waals surface area contributed by atoms with Gasteiger partial charge in [0.2, 0.25) is 5.91 Å². The van der Waals surface area contributed by atoms with E-state index >= 15 is 0 Å². The van der Waals surface area contributed by atoms with Gasteiger partial charge < -0.3 is 9.32 Å². The van der Waals surface area contributed by atoms with E-state index in [1.165, 1.54) is 5.56 Å². The van der Waals surface area contributed by atoms with Crippen molar-refractivity contribution < 1.29 is 9.21 Å². The Morgan fingerprint density at radius 1 is 1.29 bits per heavy atom. The molecular formula is C20H24N2O2. The van der Waals surface area contributed by atoms with E-state index in [2.05, 4.69) is 36.2 Å². The molecule has 0 radical (unpaired) electrons. The van der Waals surface area contributed by atoms with Gasteiger partial charge in [-0.1, -0.05) is 30.3 Å². The molecule has 1 aromatic carbocycles. The molecule has 0 N–H and O–H groups in total. The molecule has 1 atom stereocenters. The van der Waals surface area contributed by atoms with Crippen LogP contribution >= 0.6 is 0 Å². The SMILES string of the molecule is CN(Cc1ccccc1)[C@@H]1CCCN(C(=O)/C=C/c2ccco2)C1. The summed E-state index contributed by atoms with van der Waals surface area (Å²) in [4.78, 5) is 16.7. The van der Waals surface area contributed by atoms with E-state index in [9.17, 15) is 4.79 Å². The monoisotopic (exact) mass is 324 g/mol. The minimum absolute atomic E-state index is 0.0595. The molecule has 1 aliphatic rings. The zero-order valence-electron chi connectivity index (χ0n) is 14.1. The molecule has 2 aromatic rings. The summed E-state index contributed by atoms with van der Waals surface area (Å²) < 4.78 is 5.23. The fourth-order valence-electron chi connectivity index (χ4n) is 3.16. The molecule has 0 aliphatic carbocycles. The average molecular weight is 324 g/mol. The van der Waals surface area contributed by atoms with Gasteiger partial charge in [0.1, 0.15) is 5.76 Å². The standard InChI is InChI=1S/C20H24N2O2/c1-21(15-17-7-3-2-4-8-17)18-9-5-13-22(16-18)20(23)12-11-19-10-6-14-24-19/h2-4,6-8,10-12,14,18H,5,9,13,15-16H2,1H3/b12-11+/t18-/m1/s1. The van der Waals surface area contributed by atoms with Crippen LogP contribution in [0.2, 0.25) is 0 Å². The minimum Gasteiger partial charge on any atom is -0.465 e. The first-order valence-electron chi connectivity index (χ1n) is 8.47. The number of benzene rings is 1. The van der Waals surface area contributed by atoms with E-state index in [0.29, 0.717) is 11.8 Å². The summed E-state index contributed by atoms with van der Waals surface area (Å²) in [5.41, 5.74) is 1.31. The Labute approximate surface area is 143 Å². The van der Waals surface area contributed by atoms with Gasteiger partial charge in [-0.25, -0.2) is 0 Å². The number of rotatable bonds is 5. The van der Waals surface area contributed by atoms with E-state index in [-0.39, 0.29) is 5.91 Å². The Bertz CT molecular complexity index is 664. The van der Waals surface area contributed by atoms with E-state index in [1.54, 1.807) is 18.4 Å². The number of carbonyl (C=O) groups excluding carboxylic acids is 1. The number of likely N-dealkylation sites (tertiary alicyclic amines) is 1. The normalized spacial score (nSPS) is 18.4. The summed E-state index contributed by atoms with van der Waals surface area (Å²) in [6, 6.07) is 14.5. The molecule has 0 unspecified atom stereocenters. The predicted molar refractivity (Wildman–Crippen MR) is 95.3 cm³/mol. The molecule has 4 nitrogen and oxygen atoms in total. The first-order valence-corrected chi connectivity index (χ1v) is 8.47. The van der Waals surface area contributed by atoms with E-state index < -0.39 is 0 Å². The van der Waals surface area contributed by atoms with E-state index in [0.717, 1.165) is 32.5 Å². The van der Waals surface area contributed by atoms with Crippen molar-refractivity contribution in [1.29, 1.82) is 0 Å². The predicted octanol–water partition coefficient (Wildman–Crippen LogP) is 3.42. The van der Waals surface area contributed by atoms with Crippen LogP contribution in [0.5, 0.6) is 0 Å². The minimum atomic E-state index is 0.0595. The maximum Gasteiger partial charge on any atom is 0.246 e. The Morgan fingerprint density at radius 3 is 2.88 bits per heavy atom. The third-order valence-corrected chi connectivity index (χ3v) is 4.54. The summed E-state index contributed by atoms with van der Waals surface area (Å²) in [5.74, 6) is 0.766. The smallest absolute Gasteiger partial charge is 0.246 e. The zero-order valence-corrected chi connectivity index (χ0v) is 14.1. The lowest BCUT2D eigenvalue weighted by Crippen LogP contribution is -2.47. The quantitative estimate of drug-likeness (QED) is 0.791. The molecule has 3 rings (SSSR count). The van der Waals surface area contributed by atoms with Gasteiger partial charge in [-0.2, -0.15) is 0 Å². The highest BCUT2D eigenvalue weighted by atomic mass is 16.3. The summed E-state index contributed by atoms with van der Waals surface area (Å²) in [6.45, 7) is 2.53. The molecule has 1 amide bonds. The van der Waals surface area contributed by atoms with Crippen LogP contribution in [0.15, 0.2) is 59.2 Å². The first-order chi connectivity index (χ1) is 11.7. The number of amides is 1. The van der Waals surface area contributed by atoms with Gasteiger partial charge in [0.15, 0.2) is 0 Å². The van der Waals surface area contributed by atoms with E-state index in [4.69, 9.17) is 4.42 Å². The maximum atomic E-state index is 12.4.